The molecule has 96 valence electrons. The van der Waals surface area contributed by atoms with Gasteiger partial charge in [-0.3, -0.25) is 10.1 Å². The van der Waals surface area contributed by atoms with E-state index in [4.69, 9.17) is 14.4 Å². The molecule has 0 N–H and O–H groups in total. The summed E-state index contributed by atoms with van der Waals surface area (Å²) in [6.45, 7) is -0.142. The van der Waals surface area contributed by atoms with Crippen molar-refractivity contribution in [1.82, 2.24) is 0 Å². The minimum atomic E-state index is -0.680. The van der Waals surface area contributed by atoms with Crippen LogP contribution in [0.2, 0.25) is 0 Å². The van der Waals surface area contributed by atoms with Gasteiger partial charge in [-0.1, -0.05) is 0 Å². The molecule has 1 aromatic heterocycles. The molecule has 1 heterocycles. The molecule has 0 unspecified atom stereocenters. The van der Waals surface area contributed by atoms with Crippen molar-refractivity contribution < 1.29 is 18.5 Å². The number of ether oxygens (including phenoxy) is 1. The zero-order chi connectivity index (χ0) is 13.8. The van der Waals surface area contributed by atoms with Gasteiger partial charge < -0.3 is 9.15 Å². The lowest BCUT2D eigenvalue weighted by Gasteiger charge is -2.04. The maximum absolute atomic E-state index is 13.5. The molecule has 2 rings (SSSR count). The largest absolute Gasteiger partial charge is 0.483 e. The van der Waals surface area contributed by atoms with Gasteiger partial charge >= 0.3 is 5.88 Å². The molecule has 0 spiro atoms. The summed E-state index contributed by atoms with van der Waals surface area (Å²) in [4.78, 5) is 9.72. The SMILES string of the molecule is N#Cc1ccc(OCc2ccc([N+](=O)[O-])o2)c(F)c1. The molecule has 0 atom stereocenters. The number of nitro groups is 1. The Balaban J connectivity index is 2.06. The van der Waals surface area contributed by atoms with Gasteiger partial charge in [0.25, 0.3) is 0 Å². The van der Waals surface area contributed by atoms with E-state index < -0.39 is 16.6 Å². The lowest BCUT2D eigenvalue weighted by molar-refractivity contribution is -0.402. The molecule has 0 radical (unpaired) electrons. The van der Waals surface area contributed by atoms with Gasteiger partial charge in [0.05, 0.1) is 17.7 Å². The zero-order valence-electron chi connectivity index (χ0n) is 9.50. The molecule has 2 aromatic rings. The Hall–Kier alpha value is -2.88. The molecule has 0 aliphatic carbocycles. The first-order valence-corrected chi connectivity index (χ1v) is 5.15. The van der Waals surface area contributed by atoms with E-state index in [0.717, 1.165) is 6.07 Å². The van der Waals surface area contributed by atoms with Gasteiger partial charge in [0.15, 0.2) is 11.6 Å². The molecule has 0 saturated carbocycles. The summed E-state index contributed by atoms with van der Waals surface area (Å²) in [7, 11) is 0. The van der Waals surface area contributed by atoms with Crippen molar-refractivity contribution >= 4 is 5.88 Å². The topological polar surface area (TPSA) is 89.3 Å². The Morgan fingerprint density at radius 2 is 2.21 bits per heavy atom. The number of benzene rings is 1. The summed E-state index contributed by atoms with van der Waals surface area (Å²) in [5, 5.41) is 19.0. The fourth-order valence-corrected chi connectivity index (χ4v) is 1.38. The molecular formula is C12H7FN2O4. The van der Waals surface area contributed by atoms with Gasteiger partial charge in [-0.2, -0.15) is 5.26 Å². The van der Waals surface area contributed by atoms with E-state index in [-0.39, 0.29) is 23.7 Å². The summed E-state index contributed by atoms with van der Waals surface area (Å²) in [5.41, 5.74) is 0.179. The fraction of sp³-hybridized carbons (Fsp3) is 0.0833. The van der Waals surface area contributed by atoms with E-state index in [1.807, 2.05) is 0 Å². The minimum Gasteiger partial charge on any atom is -0.483 e. The first-order chi connectivity index (χ1) is 9.10. The smallest absolute Gasteiger partial charge is 0.433 e. The van der Waals surface area contributed by atoms with Crippen LogP contribution in [-0.2, 0) is 6.61 Å². The molecule has 6 nitrogen and oxygen atoms in total. The normalized spacial score (nSPS) is 9.89. The predicted molar refractivity (Wildman–Crippen MR) is 60.8 cm³/mol. The first kappa shape index (κ1) is 12.6. The lowest BCUT2D eigenvalue weighted by Crippen LogP contribution is -1.96. The van der Waals surface area contributed by atoms with Crippen molar-refractivity contribution in [3.8, 4) is 11.8 Å². The van der Waals surface area contributed by atoms with Crippen LogP contribution in [0.1, 0.15) is 11.3 Å². The van der Waals surface area contributed by atoms with E-state index >= 15 is 0 Å². The van der Waals surface area contributed by atoms with Crippen LogP contribution in [0.3, 0.4) is 0 Å². The molecule has 0 bridgehead atoms. The van der Waals surface area contributed by atoms with Crippen molar-refractivity contribution in [2.45, 2.75) is 6.61 Å². The van der Waals surface area contributed by atoms with Gasteiger partial charge in [0.1, 0.15) is 17.3 Å². The van der Waals surface area contributed by atoms with Gasteiger partial charge in [-0.25, -0.2) is 4.39 Å². The van der Waals surface area contributed by atoms with E-state index in [0.29, 0.717) is 0 Å². The van der Waals surface area contributed by atoms with Crippen LogP contribution < -0.4 is 4.74 Å². The average Bonchev–Trinajstić information content (AvgIpc) is 2.86. The number of hydrogen-bond acceptors (Lipinski definition) is 5. The highest BCUT2D eigenvalue weighted by molar-refractivity contribution is 5.36. The zero-order valence-corrected chi connectivity index (χ0v) is 9.50. The van der Waals surface area contributed by atoms with Crippen LogP contribution in [0.4, 0.5) is 10.3 Å². The van der Waals surface area contributed by atoms with Crippen molar-refractivity contribution in [3.05, 3.63) is 57.6 Å². The third kappa shape index (κ3) is 2.87. The van der Waals surface area contributed by atoms with Crippen LogP contribution >= 0.6 is 0 Å². The second-order valence-corrected chi connectivity index (χ2v) is 3.54. The average molecular weight is 262 g/mol. The van der Waals surface area contributed by atoms with Crippen LogP contribution in [0, 0.1) is 27.3 Å². The van der Waals surface area contributed by atoms with Gasteiger partial charge in [-0.15, -0.1) is 0 Å². The number of nitrogens with zero attached hydrogens (tertiary/aromatic N) is 2. The highest BCUT2D eigenvalue weighted by Gasteiger charge is 2.13. The minimum absolute atomic E-state index is 0.0574. The highest BCUT2D eigenvalue weighted by Crippen LogP contribution is 2.21. The maximum Gasteiger partial charge on any atom is 0.433 e. The Morgan fingerprint density at radius 3 is 2.79 bits per heavy atom. The highest BCUT2D eigenvalue weighted by atomic mass is 19.1. The van der Waals surface area contributed by atoms with Crippen LogP contribution in [0.15, 0.2) is 34.7 Å². The number of nitriles is 1. The van der Waals surface area contributed by atoms with Crippen molar-refractivity contribution in [3.63, 3.8) is 0 Å². The lowest BCUT2D eigenvalue weighted by atomic mass is 10.2. The van der Waals surface area contributed by atoms with E-state index in [9.17, 15) is 14.5 Å². The Morgan fingerprint density at radius 1 is 1.42 bits per heavy atom. The number of furan rings is 1. The third-order valence-corrected chi connectivity index (χ3v) is 2.26. The standard InChI is InChI=1S/C12H7FN2O4/c13-10-5-8(6-14)1-3-11(10)18-7-9-2-4-12(19-9)15(16)17/h1-5H,7H2. The fourth-order valence-electron chi connectivity index (χ4n) is 1.38. The molecule has 0 aliphatic rings. The first-order valence-electron chi connectivity index (χ1n) is 5.15. The van der Waals surface area contributed by atoms with Crippen LogP contribution in [0.5, 0.6) is 5.75 Å². The summed E-state index contributed by atoms with van der Waals surface area (Å²) < 4.78 is 23.4. The van der Waals surface area contributed by atoms with E-state index in [1.165, 1.54) is 24.3 Å². The molecule has 1 aromatic carbocycles. The number of halogens is 1. The van der Waals surface area contributed by atoms with Crippen molar-refractivity contribution in [2.24, 2.45) is 0 Å². The molecular weight excluding hydrogens is 255 g/mol. The van der Waals surface area contributed by atoms with Gasteiger partial charge in [0, 0.05) is 0 Å². The summed E-state index contributed by atoms with van der Waals surface area (Å²) >= 11 is 0. The maximum atomic E-state index is 13.5. The quantitative estimate of drug-likeness (QED) is 0.624. The third-order valence-electron chi connectivity index (χ3n) is 2.26. The summed E-state index contributed by atoms with van der Waals surface area (Å²) in [5.74, 6) is -0.937. The van der Waals surface area contributed by atoms with Crippen LogP contribution in [-0.4, -0.2) is 4.92 Å². The van der Waals surface area contributed by atoms with Crippen LogP contribution in [0.25, 0.3) is 0 Å². The summed E-state index contributed by atoms with van der Waals surface area (Å²) in [6.07, 6.45) is 0. The molecule has 0 fully saturated rings. The Bertz CT molecular complexity index is 660. The van der Waals surface area contributed by atoms with E-state index in [1.54, 1.807) is 6.07 Å². The van der Waals surface area contributed by atoms with E-state index in [2.05, 4.69) is 0 Å². The second kappa shape index (κ2) is 5.18. The summed E-state index contributed by atoms with van der Waals surface area (Å²) in [6, 6.07) is 8.12. The van der Waals surface area contributed by atoms with Crippen molar-refractivity contribution in [2.75, 3.05) is 0 Å². The molecule has 0 amide bonds. The Kier molecular flexibility index (Phi) is 3.43. The molecule has 0 saturated heterocycles. The number of rotatable bonds is 4. The predicted octanol–water partition coefficient (Wildman–Crippen LogP) is 2.78. The number of hydrogen-bond donors (Lipinski definition) is 0. The van der Waals surface area contributed by atoms with Gasteiger partial charge in [0.2, 0.25) is 0 Å². The van der Waals surface area contributed by atoms with Crippen molar-refractivity contribution in [1.29, 1.82) is 5.26 Å². The second-order valence-electron chi connectivity index (χ2n) is 3.54. The van der Waals surface area contributed by atoms with Gasteiger partial charge in [-0.05, 0) is 24.3 Å². The molecule has 7 heteroatoms. The Labute approximate surface area is 106 Å². The molecule has 0 aliphatic heterocycles. The monoisotopic (exact) mass is 262 g/mol. The molecule has 19 heavy (non-hydrogen) atoms.